The summed E-state index contributed by atoms with van der Waals surface area (Å²) in [5, 5.41) is 3.13. The van der Waals surface area contributed by atoms with E-state index >= 15 is 0 Å². The van der Waals surface area contributed by atoms with Gasteiger partial charge in [0, 0.05) is 36.6 Å². The monoisotopic (exact) mass is 450 g/mol. The van der Waals surface area contributed by atoms with Crippen molar-refractivity contribution in [2.45, 2.75) is 25.3 Å². The predicted octanol–water partition coefficient (Wildman–Crippen LogP) is 4.13. The van der Waals surface area contributed by atoms with E-state index in [1.54, 1.807) is 6.20 Å². The molecule has 0 bridgehead atoms. The quantitative estimate of drug-likeness (QED) is 0.439. The number of primary amides is 1. The summed E-state index contributed by atoms with van der Waals surface area (Å²) in [4.78, 5) is 28.1. The lowest BCUT2D eigenvalue weighted by Gasteiger charge is -2.30. The molecule has 1 unspecified atom stereocenters. The normalized spacial score (nSPS) is 13.7. The number of hydrogen-bond acceptors (Lipinski definition) is 6. The fourth-order valence-corrected chi connectivity index (χ4v) is 4.27. The lowest BCUT2D eigenvalue weighted by Crippen LogP contribution is -2.38. The van der Waals surface area contributed by atoms with E-state index < -0.39 is 11.9 Å². The molecule has 0 aliphatic carbocycles. The highest BCUT2D eigenvalue weighted by Gasteiger charge is 2.22. The molecule has 170 valence electrons. The molecule has 0 saturated carbocycles. The van der Waals surface area contributed by atoms with Crippen molar-refractivity contribution in [1.29, 1.82) is 0 Å². The Balaban J connectivity index is 1.42. The molecular weight excluding hydrogens is 424 g/mol. The van der Waals surface area contributed by atoms with Crippen molar-refractivity contribution in [2.75, 3.05) is 16.8 Å². The maximum atomic E-state index is 12.1. The lowest BCUT2D eigenvalue weighted by molar-refractivity contribution is -0.118. The van der Waals surface area contributed by atoms with Crippen LogP contribution in [0.5, 0.6) is 0 Å². The number of nitrogens with one attached hydrogen (secondary N) is 1. The number of pyridine rings is 1. The molecule has 2 aromatic heterocycles. The van der Waals surface area contributed by atoms with Crippen molar-refractivity contribution in [3.8, 4) is 11.3 Å². The minimum Gasteiger partial charge on any atom is -0.368 e. The molecule has 7 heteroatoms. The zero-order valence-corrected chi connectivity index (χ0v) is 18.8. The van der Waals surface area contributed by atoms with Crippen molar-refractivity contribution in [1.82, 2.24) is 15.0 Å². The van der Waals surface area contributed by atoms with Crippen LogP contribution in [-0.2, 0) is 17.6 Å². The van der Waals surface area contributed by atoms with Crippen molar-refractivity contribution in [3.05, 3.63) is 96.3 Å². The number of fused-ring (bicyclic) bond motifs is 1. The molecular formula is C27H26N6O. The summed E-state index contributed by atoms with van der Waals surface area (Å²) in [6.07, 6.45) is 6.11. The van der Waals surface area contributed by atoms with Gasteiger partial charge in [-0.2, -0.15) is 4.98 Å². The Kier molecular flexibility index (Phi) is 6.16. The average molecular weight is 451 g/mol. The number of hydrogen-bond donors (Lipinski definition) is 2. The first-order chi connectivity index (χ1) is 16.7. The highest BCUT2D eigenvalue weighted by molar-refractivity contribution is 5.83. The Morgan fingerprint density at radius 2 is 1.79 bits per heavy atom. The number of nitrogens with two attached hydrogens (primary N) is 1. The van der Waals surface area contributed by atoms with Gasteiger partial charge in [-0.3, -0.25) is 9.78 Å². The van der Waals surface area contributed by atoms with Crippen LogP contribution in [0.15, 0.2) is 85.2 Å². The van der Waals surface area contributed by atoms with Crippen LogP contribution in [0, 0.1) is 0 Å². The van der Waals surface area contributed by atoms with E-state index in [1.165, 1.54) is 5.56 Å². The molecule has 1 atom stereocenters. The maximum absolute atomic E-state index is 12.1. The maximum Gasteiger partial charge on any atom is 0.240 e. The van der Waals surface area contributed by atoms with Gasteiger partial charge in [-0.05, 0) is 36.1 Å². The first kappa shape index (κ1) is 21.6. The SMILES string of the molecule is NC(=O)C(Cc1ccccc1)Nc1nccc(N2CCCc3cnc(-c4ccccc4)cc32)n1. The van der Waals surface area contributed by atoms with Crippen molar-refractivity contribution < 1.29 is 4.79 Å². The average Bonchev–Trinajstić information content (AvgIpc) is 2.89. The molecule has 7 nitrogen and oxygen atoms in total. The van der Waals surface area contributed by atoms with E-state index in [9.17, 15) is 4.79 Å². The second kappa shape index (κ2) is 9.70. The minimum atomic E-state index is -0.611. The first-order valence-corrected chi connectivity index (χ1v) is 11.4. The van der Waals surface area contributed by atoms with Gasteiger partial charge in [0.25, 0.3) is 0 Å². The molecule has 5 rings (SSSR count). The van der Waals surface area contributed by atoms with Gasteiger partial charge in [0.1, 0.15) is 11.9 Å². The van der Waals surface area contributed by atoms with Gasteiger partial charge in [-0.15, -0.1) is 0 Å². The van der Waals surface area contributed by atoms with Crippen LogP contribution in [-0.4, -0.2) is 33.4 Å². The Hall–Kier alpha value is -4.26. The summed E-state index contributed by atoms with van der Waals surface area (Å²) >= 11 is 0. The molecule has 1 aliphatic rings. The summed E-state index contributed by atoms with van der Waals surface area (Å²) in [5.41, 5.74) is 11.0. The Morgan fingerprint density at radius 3 is 2.56 bits per heavy atom. The summed E-state index contributed by atoms with van der Waals surface area (Å²) in [6, 6.07) is 23.3. The number of carbonyl (C=O) groups is 1. The molecule has 0 spiro atoms. The number of amides is 1. The first-order valence-electron chi connectivity index (χ1n) is 11.4. The summed E-state index contributed by atoms with van der Waals surface area (Å²) < 4.78 is 0. The molecule has 0 fully saturated rings. The third kappa shape index (κ3) is 4.73. The van der Waals surface area contributed by atoms with Gasteiger partial charge in [-0.25, -0.2) is 4.98 Å². The molecule has 0 radical (unpaired) electrons. The van der Waals surface area contributed by atoms with E-state index in [2.05, 4.69) is 38.4 Å². The number of aromatic nitrogens is 3. The fraction of sp³-hybridized carbons (Fsp3) is 0.185. The summed E-state index contributed by atoms with van der Waals surface area (Å²) in [7, 11) is 0. The molecule has 1 aliphatic heterocycles. The Bertz CT molecular complexity index is 1280. The number of carbonyl (C=O) groups excluding carboxylic acids is 1. The number of rotatable bonds is 7. The summed E-state index contributed by atoms with van der Waals surface area (Å²) in [5.74, 6) is 0.702. The highest BCUT2D eigenvalue weighted by atomic mass is 16.1. The van der Waals surface area contributed by atoms with Crippen LogP contribution in [0.3, 0.4) is 0 Å². The van der Waals surface area contributed by atoms with Crippen LogP contribution in [0.2, 0.25) is 0 Å². The number of nitrogens with zero attached hydrogens (tertiary/aromatic N) is 4. The van der Waals surface area contributed by atoms with Crippen LogP contribution < -0.4 is 16.0 Å². The molecule has 3 N–H and O–H groups in total. The van der Waals surface area contributed by atoms with E-state index in [1.807, 2.05) is 60.8 Å². The standard InChI is InChI=1S/C27H26N6O/c28-26(34)23(16-19-8-3-1-4-9-19)31-27-29-14-13-25(32-27)33-15-7-12-21-18-30-22(17-24(21)33)20-10-5-2-6-11-20/h1-6,8-11,13-14,17-18,23H,7,12,15-16H2,(H2,28,34)(H,29,31,32). The van der Waals surface area contributed by atoms with Crippen LogP contribution >= 0.6 is 0 Å². The number of benzene rings is 2. The van der Waals surface area contributed by atoms with E-state index in [0.29, 0.717) is 12.4 Å². The smallest absolute Gasteiger partial charge is 0.240 e. The lowest BCUT2D eigenvalue weighted by atomic mass is 10.0. The highest BCUT2D eigenvalue weighted by Crippen LogP contribution is 2.34. The minimum absolute atomic E-state index is 0.377. The zero-order chi connectivity index (χ0) is 23.3. The molecule has 34 heavy (non-hydrogen) atoms. The van der Waals surface area contributed by atoms with Gasteiger partial charge in [0.05, 0.1) is 5.69 Å². The van der Waals surface area contributed by atoms with Gasteiger partial charge in [0.2, 0.25) is 11.9 Å². The Morgan fingerprint density at radius 1 is 1.03 bits per heavy atom. The van der Waals surface area contributed by atoms with Gasteiger partial charge in [-0.1, -0.05) is 60.7 Å². The fourth-order valence-electron chi connectivity index (χ4n) is 4.27. The second-order valence-corrected chi connectivity index (χ2v) is 8.35. The molecule has 2 aromatic carbocycles. The molecule has 1 amide bonds. The third-order valence-corrected chi connectivity index (χ3v) is 6.00. The van der Waals surface area contributed by atoms with E-state index in [0.717, 1.165) is 47.7 Å². The van der Waals surface area contributed by atoms with Crippen LogP contribution in [0.1, 0.15) is 17.5 Å². The topological polar surface area (TPSA) is 97.0 Å². The largest absolute Gasteiger partial charge is 0.368 e. The molecule has 4 aromatic rings. The van der Waals surface area contributed by atoms with E-state index in [-0.39, 0.29) is 0 Å². The van der Waals surface area contributed by atoms with Gasteiger partial charge < -0.3 is 16.0 Å². The van der Waals surface area contributed by atoms with Crippen molar-refractivity contribution in [3.63, 3.8) is 0 Å². The Labute approximate surface area is 198 Å². The van der Waals surface area contributed by atoms with Gasteiger partial charge >= 0.3 is 0 Å². The zero-order valence-electron chi connectivity index (χ0n) is 18.8. The number of anilines is 3. The van der Waals surface area contributed by atoms with Crippen LogP contribution in [0.4, 0.5) is 17.5 Å². The number of aryl methyl sites for hydroxylation is 1. The van der Waals surface area contributed by atoms with Gasteiger partial charge in [0.15, 0.2) is 0 Å². The molecule has 0 saturated heterocycles. The third-order valence-electron chi connectivity index (χ3n) is 6.00. The van der Waals surface area contributed by atoms with E-state index in [4.69, 9.17) is 10.7 Å². The van der Waals surface area contributed by atoms with Crippen molar-refractivity contribution >= 4 is 23.4 Å². The van der Waals surface area contributed by atoms with Crippen molar-refractivity contribution in [2.24, 2.45) is 5.73 Å². The second-order valence-electron chi connectivity index (χ2n) is 8.35. The molecule has 3 heterocycles. The summed E-state index contributed by atoms with van der Waals surface area (Å²) in [6.45, 7) is 0.838. The van der Waals surface area contributed by atoms with Crippen LogP contribution in [0.25, 0.3) is 11.3 Å². The predicted molar refractivity (Wildman–Crippen MR) is 134 cm³/mol.